The van der Waals surface area contributed by atoms with E-state index < -0.39 is 10.7 Å². The summed E-state index contributed by atoms with van der Waals surface area (Å²) in [5, 5.41) is 12.5. The number of rotatable bonds is 9. The summed E-state index contributed by atoms with van der Waals surface area (Å²) in [6.45, 7) is 5.64. The summed E-state index contributed by atoms with van der Waals surface area (Å²) in [6.07, 6.45) is 3.70. The van der Waals surface area contributed by atoms with Gasteiger partial charge >= 0.3 is 12.0 Å². The summed E-state index contributed by atoms with van der Waals surface area (Å²) in [7, 11) is 0. The molecule has 0 aliphatic rings. The number of amides is 1. The Morgan fingerprint density at radius 2 is 2.00 bits per heavy atom. The van der Waals surface area contributed by atoms with E-state index >= 15 is 0 Å². The quantitative estimate of drug-likeness (QED) is 0.269. The van der Waals surface area contributed by atoms with Crippen LogP contribution in [0.25, 0.3) is 0 Å². The molecule has 0 aliphatic carbocycles. The predicted octanol–water partition coefficient (Wildman–Crippen LogP) is 1.66. The molecule has 1 heterocycles. The monoisotopic (exact) mass is 354 g/mol. The molecule has 0 saturated heterocycles. The van der Waals surface area contributed by atoms with Gasteiger partial charge in [-0.25, -0.2) is 15.4 Å². The van der Waals surface area contributed by atoms with Crippen molar-refractivity contribution in [1.82, 2.24) is 15.4 Å². The Bertz CT molecular complexity index is 596. The van der Waals surface area contributed by atoms with Gasteiger partial charge in [0, 0.05) is 35.5 Å². The van der Waals surface area contributed by atoms with Gasteiger partial charge in [0.05, 0.1) is 12.3 Å². The number of carbonyl (C=O) groups excluding carboxylic acids is 1. The average molecular weight is 354 g/mol. The van der Waals surface area contributed by atoms with Crippen molar-refractivity contribution in [2.24, 2.45) is 5.10 Å². The normalized spacial score (nSPS) is 11.9. The number of nitrogens with zero attached hydrogens (tertiary/aromatic N) is 3. The Kier molecular flexibility index (Phi) is 7.63. The van der Waals surface area contributed by atoms with Crippen LogP contribution in [-0.2, 0) is 9.59 Å². The lowest BCUT2D eigenvalue weighted by Crippen LogP contribution is -2.26. The summed E-state index contributed by atoms with van der Waals surface area (Å²) in [4.78, 5) is 30.1. The van der Waals surface area contributed by atoms with Gasteiger partial charge in [-0.1, -0.05) is 13.8 Å². The topological polar surface area (TPSA) is 114 Å². The second kappa shape index (κ2) is 9.21. The number of nitrogens with one attached hydrogen (secondary N) is 1. The van der Waals surface area contributed by atoms with Gasteiger partial charge in [0.25, 0.3) is 0 Å². The zero-order chi connectivity index (χ0) is 18.2. The van der Waals surface area contributed by atoms with Crippen molar-refractivity contribution in [1.29, 1.82) is 0 Å². The van der Waals surface area contributed by atoms with E-state index in [9.17, 15) is 9.59 Å². The predicted molar refractivity (Wildman–Crippen MR) is 92.4 cm³/mol. The van der Waals surface area contributed by atoms with Crippen molar-refractivity contribution in [3.63, 3.8) is 0 Å². The van der Waals surface area contributed by atoms with Crippen LogP contribution in [0.2, 0.25) is 0 Å². The fraction of sp³-hybridized carbons (Fsp3) is 0.533. The molecule has 0 radical (unpaired) electrons. The number of aliphatic carboxylic acids is 1. The van der Waals surface area contributed by atoms with Crippen molar-refractivity contribution in [2.45, 2.75) is 44.8 Å². The highest BCUT2D eigenvalue weighted by atomic mass is 32.1. The molecule has 1 rings (SSSR count). The first-order valence-electron chi connectivity index (χ1n) is 7.40. The lowest BCUT2D eigenvalue weighted by atomic mass is 10.1. The van der Waals surface area contributed by atoms with E-state index in [1.807, 2.05) is 13.8 Å². The molecule has 0 spiro atoms. The number of carbonyl (C=O) groups is 2. The third-order valence-electron chi connectivity index (χ3n) is 2.75. The number of hydrazone groups is 1. The maximum atomic E-state index is 11.7. The molecular formula is C15H22N4O4S. The highest BCUT2D eigenvalue weighted by Crippen LogP contribution is 2.16. The van der Waals surface area contributed by atoms with Crippen molar-refractivity contribution in [3.8, 4) is 6.01 Å². The molecular weight excluding hydrogens is 332 g/mol. The standard InChI is InChI=1S/C15H22N4O4S/c1-10(18-19-12(20)7-15(2,3)24)11-8-16-14(17-9-11)23-6-4-5-13(21)22/h8-9,24H,4-7H2,1-3H3,(H,19,20)(H,21,22)/b18-10-. The second-order valence-electron chi connectivity index (χ2n) is 5.82. The maximum absolute atomic E-state index is 11.7. The van der Waals surface area contributed by atoms with E-state index in [0.717, 1.165) is 0 Å². The van der Waals surface area contributed by atoms with E-state index in [1.54, 1.807) is 6.92 Å². The Morgan fingerprint density at radius 1 is 1.38 bits per heavy atom. The molecule has 132 valence electrons. The summed E-state index contributed by atoms with van der Waals surface area (Å²) in [5.74, 6) is -1.10. The number of hydrogen-bond donors (Lipinski definition) is 3. The fourth-order valence-corrected chi connectivity index (χ4v) is 1.75. The van der Waals surface area contributed by atoms with Crippen LogP contribution in [0.5, 0.6) is 6.01 Å². The number of ether oxygens (including phenoxy) is 1. The third-order valence-corrected chi connectivity index (χ3v) is 2.91. The molecule has 1 amide bonds. The van der Waals surface area contributed by atoms with Gasteiger partial charge in [-0.05, 0) is 13.3 Å². The number of hydrogen-bond acceptors (Lipinski definition) is 7. The first kappa shape index (κ1) is 19.9. The van der Waals surface area contributed by atoms with Crippen LogP contribution >= 0.6 is 12.6 Å². The Balaban J connectivity index is 2.50. The van der Waals surface area contributed by atoms with Crippen LogP contribution in [0.4, 0.5) is 0 Å². The van der Waals surface area contributed by atoms with Gasteiger partial charge in [0.1, 0.15) is 0 Å². The minimum absolute atomic E-state index is 0.0344. The molecule has 0 bridgehead atoms. The molecule has 2 N–H and O–H groups in total. The van der Waals surface area contributed by atoms with Crippen LogP contribution < -0.4 is 10.2 Å². The minimum atomic E-state index is -0.870. The molecule has 24 heavy (non-hydrogen) atoms. The molecule has 0 unspecified atom stereocenters. The zero-order valence-electron chi connectivity index (χ0n) is 13.9. The summed E-state index contributed by atoms with van der Waals surface area (Å²) in [5.41, 5.74) is 3.65. The lowest BCUT2D eigenvalue weighted by Gasteiger charge is -2.15. The van der Waals surface area contributed by atoms with Crippen LogP contribution in [0, 0.1) is 0 Å². The number of carboxylic acid groups (broad SMARTS) is 1. The average Bonchev–Trinajstić information content (AvgIpc) is 2.48. The van der Waals surface area contributed by atoms with E-state index in [0.29, 0.717) is 17.7 Å². The molecule has 0 aliphatic heterocycles. The van der Waals surface area contributed by atoms with Gasteiger partial charge in [-0.2, -0.15) is 17.7 Å². The van der Waals surface area contributed by atoms with Crippen LogP contribution in [0.3, 0.4) is 0 Å². The van der Waals surface area contributed by atoms with Crippen molar-refractivity contribution < 1.29 is 19.4 Å². The zero-order valence-corrected chi connectivity index (χ0v) is 14.8. The first-order valence-corrected chi connectivity index (χ1v) is 7.84. The van der Waals surface area contributed by atoms with Gasteiger partial charge in [0.15, 0.2) is 0 Å². The third kappa shape index (κ3) is 8.47. The van der Waals surface area contributed by atoms with E-state index in [-0.39, 0.29) is 31.4 Å². The highest BCUT2D eigenvalue weighted by Gasteiger charge is 2.16. The molecule has 8 nitrogen and oxygen atoms in total. The molecule has 0 aromatic carbocycles. The van der Waals surface area contributed by atoms with Gasteiger partial charge < -0.3 is 9.84 Å². The first-order chi connectivity index (χ1) is 11.2. The van der Waals surface area contributed by atoms with E-state index in [1.165, 1.54) is 12.4 Å². The van der Waals surface area contributed by atoms with Crippen molar-refractivity contribution in [2.75, 3.05) is 6.61 Å². The van der Waals surface area contributed by atoms with Crippen LogP contribution in [0.1, 0.15) is 45.6 Å². The van der Waals surface area contributed by atoms with Crippen LogP contribution in [0.15, 0.2) is 17.5 Å². The molecule has 0 atom stereocenters. The number of thiol groups is 1. The largest absolute Gasteiger partial charge is 0.481 e. The van der Waals surface area contributed by atoms with Gasteiger partial charge in [0.2, 0.25) is 5.91 Å². The molecule has 0 saturated carbocycles. The number of aromatic nitrogens is 2. The molecule has 0 fully saturated rings. The van der Waals surface area contributed by atoms with Crippen molar-refractivity contribution in [3.05, 3.63) is 18.0 Å². The van der Waals surface area contributed by atoms with E-state index in [4.69, 9.17) is 9.84 Å². The Morgan fingerprint density at radius 3 is 2.54 bits per heavy atom. The summed E-state index contributed by atoms with van der Waals surface area (Å²) >= 11 is 4.29. The van der Waals surface area contributed by atoms with E-state index in [2.05, 4.69) is 33.1 Å². The fourth-order valence-electron chi connectivity index (χ4n) is 1.61. The SMILES string of the molecule is C/C(=N/NC(=O)CC(C)(C)S)c1cnc(OCCCC(=O)O)nc1. The maximum Gasteiger partial charge on any atom is 0.316 e. The van der Waals surface area contributed by atoms with Gasteiger partial charge in [-0.3, -0.25) is 9.59 Å². The summed E-state index contributed by atoms with van der Waals surface area (Å²) < 4.78 is 4.83. The number of carboxylic acids is 1. The smallest absolute Gasteiger partial charge is 0.316 e. The Hall–Kier alpha value is -2.16. The molecule has 1 aromatic heterocycles. The highest BCUT2D eigenvalue weighted by molar-refractivity contribution is 7.81. The van der Waals surface area contributed by atoms with Gasteiger partial charge in [-0.15, -0.1) is 0 Å². The minimum Gasteiger partial charge on any atom is -0.481 e. The van der Waals surface area contributed by atoms with Crippen molar-refractivity contribution >= 4 is 30.2 Å². The molecule has 9 heteroatoms. The second-order valence-corrected chi connectivity index (χ2v) is 7.03. The summed E-state index contributed by atoms with van der Waals surface area (Å²) in [6, 6.07) is 0.165. The Labute approximate surface area is 146 Å². The van der Waals surface area contributed by atoms with Crippen LogP contribution in [-0.4, -0.2) is 44.0 Å². The lowest BCUT2D eigenvalue weighted by molar-refractivity contribution is -0.137. The molecule has 1 aromatic rings.